The molecule has 1 heteroatoms. The van der Waals surface area contributed by atoms with Crippen molar-refractivity contribution in [3.8, 4) is 11.1 Å². The van der Waals surface area contributed by atoms with E-state index in [1.54, 1.807) is 5.56 Å². The van der Waals surface area contributed by atoms with Gasteiger partial charge in [-0.1, -0.05) is 85.7 Å². The van der Waals surface area contributed by atoms with Gasteiger partial charge < -0.3 is 0 Å². The van der Waals surface area contributed by atoms with E-state index >= 15 is 0 Å². The Kier molecular flexibility index (Phi) is 6.58. The molecule has 2 aromatic rings. The first-order valence-corrected chi connectivity index (χ1v) is 8.63. The third kappa shape index (κ3) is 3.72. The van der Waals surface area contributed by atoms with Crippen LogP contribution in [0, 0.1) is 5.92 Å². The molecule has 0 aliphatic heterocycles. The smallest absolute Gasteiger partial charge is 0.00580 e. The summed E-state index contributed by atoms with van der Waals surface area (Å²) in [4.78, 5) is 0. The summed E-state index contributed by atoms with van der Waals surface area (Å²) < 4.78 is 0. The molecule has 0 radical (unpaired) electrons. The van der Waals surface area contributed by atoms with Gasteiger partial charge in [0.15, 0.2) is 0 Å². The average molecular weight is 394 g/mol. The van der Waals surface area contributed by atoms with Crippen LogP contribution in [0.1, 0.15) is 44.2 Å². The molecule has 0 heterocycles. The van der Waals surface area contributed by atoms with E-state index in [0.29, 0.717) is 11.8 Å². The molecule has 2 atom stereocenters. The van der Waals surface area contributed by atoms with Crippen LogP contribution in [0.5, 0.6) is 0 Å². The minimum atomic E-state index is 0. The van der Waals surface area contributed by atoms with Crippen molar-refractivity contribution in [2.75, 3.05) is 0 Å². The molecule has 1 aliphatic rings. The largest absolute Gasteiger partial charge is 0.0959 e. The molecular formula is C23H26Zr. The second kappa shape index (κ2) is 8.26. The molecule has 2 unspecified atom stereocenters. The predicted molar refractivity (Wildman–Crippen MR) is 101 cm³/mol. The number of benzene rings is 2. The Hall–Kier alpha value is -1.20. The van der Waals surface area contributed by atoms with Crippen LogP contribution in [0.3, 0.4) is 0 Å². The van der Waals surface area contributed by atoms with Crippen molar-refractivity contribution in [3.05, 3.63) is 83.5 Å². The summed E-state index contributed by atoms with van der Waals surface area (Å²) in [7, 11) is 0. The van der Waals surface area contributed by atoms with E-state index in [1.807, 2.05) is 0 Å². The Morgan fingerprint density at radius 2 is 1.79 bits per heavy atom. The van der Waals surface area contributed by atoms with E-state index in [1.165, 1.54) is 40.7 Å². The summed E-state index contributed by atoms with van der Waals surface area (Å²) in [6, 6.07) is 17.6. The molecule has 0 amide bonds. The van der Waals surface area contributed by atoms with Crippen molar-refractivity contribution < 1.29 is 26.2 Å². The van der Waals surface area contributed by atoms with Crippen molar-refractivity contribution in [1.29, 1.82) is 0 Å². The first kappa shape index (κ1) is 19.1. The molecule has 0 aromatic heterocycles. The Balaban J connectivity index is 0.00000208. The standard InChI is InChI=1S/C23H26.Zr/c1-5-18-15-23-20(19-10-7-6-8-11-19)12-9-13-21(23)22(18)14-17(4)16(2)3;/h6-14,18,22H,2,5,15H2,1,3-4H3;. The number of fused-ring (bicyclic) bond motifs is 1. The van der Waals surface area contributed by atoms with Crippen LogP contribution < -0.4 is 0 Å². The number of allylic oxidation sites excluding steroid dienone is 3. The Morgan fingerprint density at radius 3 is 2.42 bits per heavy atom. The zero-order valence-corrected chi connectivity index (χ0v) is 17.4. The molecule has 2 aromatic carbocycles. The van der Waals surface area contributed by atoms with Crippen molar-refractivity contribution in [1.82, 2.24) is 0 Å². The topological polar surface area (TPSA) is 0 Å². The third-order valence-corrected chi connectivity index (χ3v) is 5.26. The van der Waals surface area contributed by atoms with Gasteiger partial charge in [0.2, 0.25) is 0 Å². The van der Waals surface area contributed by atoms with Gasteiger partial charge in [0.1, 0.15) is 0 Å². The average Bonchev–Trinajstić information content (AvgIpc) is 2.93. The predicted octanol–water partition coefficient (Wildman–Crippen LogP) is 6.54. The van der Waals surface area contributed by atoms with Crippen LogP contribution in [0.25, 0.3) is 11.1 Å². The van der Waals surface area contributed by atoms with Crippen molar-refractivity contribution in [2.45, 2.75) is 39.5 Å². The molecule has 1 aliphatic carbocycles. The maximum atomic E-state index is 4.10. The summed E-state index contributed by atoms with van der Waals surface area (Å²) in [5, 5.41) is 0. The normalized spacial score (nSPS) is 19.5. The summed E-state index contributed by atoms with van der Waals surface area (Å²) >= 11 is 0. The van der Waals surface area contributed by atoms with Crippen LogP contribution in [-0.4, -0.2) is 0 Å². The zero-order chi connectivity index (χ0) is 16.4. The van der Waals surface area contributed by atoms with Crippen molar-refractivity contribution in [2.24, 2.45) is 5.92 Å². The first-order chi connectivity index (χ1) is 11.1. The quantitative estimate of drug-likeness (QED) is 0.517. The molecule has 0 N–H and O–H groups in total. The molecule has 24 heavy (non-hydrogen) atoms. The first-order valence-electron chi connectivity index (χ1n) is 8.63. The maximum Gasteiger partial charge on any atom is 0.00580 e. The SMILES string of the molecule is C=C(C)C(C)=CC1c2cccc(-c3ccccc3)c2CC1CC.[Zr]. The maximum absolute atomic E-state index is 4.10. The van der Waals surface area contributed by atoms with E-state index in [0.717, 1.165) is 0 Å². The van der Waals surface area contributed by atoms with Crippen molar-refractivity contribution >= 4 is 0 Å². The molecule has 0 nitrogen and oxygen atoms in total. The fraction of sp³-hybridized carbons (Fsp3) is 0.304. The van der Waals surface area contributed by atoms with Crippen LogP contribution in [-0.2, 0) is 32.6 Å². The number of hydrogen-bond acceptors (Lipinski definition) is 0. The van der Waals surface area contributed by atoms with Crippen LogP contribution >= 0.6 is 0 Å². The summed E-state index contributed by atoms with van der Waals surface area (Å²) in [6.45, 7) is 10.7. The summed E-state index contributed by atoms with van der Waals surface area (Å²) in [5.74, 6) is 1.22. The molecule has 122 valence electrons. The minimum Gasteiger partial charge on any atom is -0.0959 e. The molecular weight excluding hydrogens is 367 g/mol. The van der Waals surface area contributed by atoms with Crippen LogP contribution in [0.2, 0.25) is 0 Å². The number of hydrogen-bond donors (Lipinski definition) is 0. The molecule has 0 spiro atoms. The fourth-order valence-electron chi connectivity index (χ4n) is 3.71. The number of rotatable bonds is 4. The van der Waals surface area contributed by atoms with Gasteiger partial charge in [-0.2, -0.15) is 0 Å². The second-order valence-corrected chi connectivity index (χ2v) is 6.77. The van der Waals surface area contributed by atoms with Gasteiger partial charge in [-0.15, -0.1) is 0 Å². The second-order valence-electron chi connectivity index (χ2n) is 6.77. The Bertz CT molecular complexity index is 740. The third-order valence-electron chi connectivity index (χ3n) is 5.26. The van der Waals surface area contributed by atoms with E-state index < -0.39 is 0 Å². The van der Waals surface area contributed by atoms with Crippen LogP contribution in [0.4, 0.5) is 0 Å². The van der Waals surface area contributed by atoms with Gasteiger partial charge in [0, 0.05) is 32.1 Å². The monoisotopic (exact) mass is 392 g/mol. The molecule has 3 rings (SSSR count). The Labute approximate surface area is 165 Å². The summed E-state index contributed by atoms with van der Waals surface area (Å²) in [5.41, 5.74) is 8.30. The van der Waals surface area contributed by atoms with Gasteiger partial charge in [0.05, 0.1) is 0 Å². The molecule has 0 fully saturated rings. The van der Waals surface area contributed by atoms with E-state index in [9.17, 15) is 0 Å². The summed E-state index contributed by atoms with van der Waals surface area (Å²) in [6.07, 6.45) is 4.84. The van der Waals surface area contributed by atoms with E-state index in [4.69, 9.17) is 0 Å². The zero-order valence-electron chi connectivity index (χ0n) is 15.0. The molecule has 0 saturated carbocycles. The van der Waals surface area contributed by atoms with Gasteiger partial charge in [-0.05, 0) is 48.4 Å². The Morgan fingerprint density at radius 1 is 1.08 bits per heavy atom. The molecule has 0 bridgehead atoms. The van der Waals surface area contributed by atoms with E-state index in [2.05, 4.69) is 82.0 Å². The van der Waals surface area contributed by atoms with E-state index in [-0.39, 0.29) is 26.2 Å². The van der Waals surface area contributed by atoms with Crippen molar-refractivity contribution in [3.63, 3.8) is 0 Å². The van der Waals surface area contributed by atoms with Gasteiger partial charge in [0.25, 0.3) is 0 Å². The van der Waals surface area contributed by atoms with Gasteiger partial charge >= 0.3 is 0 Å². The fourth-order valence-corrected chi connectivity index (χ4v) is 3.71. The van der Waals surface area contributed by atoms with Crippen LogP contribution in [0.15, 0.2) is 72.3 Å². The van der Waals surface area contributed by atoms with Gasteiger partial charge in [-0.3, -0.25) is 0 Å². The van der Waals surface area contributed by atoms with Gasteiger partial charge in [-0.25, -0.2) is 0 Å². The molecule has 0 saturated heterocycles. The minimum absolute atomic E-state index is 0.